The molecule has 0 radical (unpaired) electrons. The summed E-state index contributed by atoms with van der Waals surface area (Å²) in [6.45, 7) is 4.64. The van der Waals surface area contributed by atoms with Crippen molar-refractivity contribution < 1.29 is 9.31 Å². The first-order valence-corrected chi connectivity index (χ1v) is 12.4. The van der Waals surface area contributed by atoms with Crippen molar-refractivity contribution in [3.05, 3.63) is 137 Å². The van der Waals surface area contributed by atoms with Gasteiger partial charge in [-0.2, -0.15) is 4.58 Å². The molecule has 0 N–H and O–H groups in total. The van der Waals surface area contributed by atoms with E-state index in [0.29, 0.717) is 0 Å². The number of hydrogen-bond donors (Lipinski definition) is 0. The van der Waals surface area contributed by atoms with Crippen LogP contribution in [-0.4, -0.2) is 17.3 Å². The molecule has 172 valence electrons. The second kappa shape index (κ2) is 8.39. The Morgan fingerprint density at radius 1 is 0.771 bits per heavy atom. The first-order chi connectivity index (χ1) is 17.0. The quantitative estimate of drug-likeness (QED) is 0.365. The molecule has 2 nitrogen and oxygen atoms in total. The van der Waals surface area contributed by atoms with E-state index in [-0.39, 0.29) is 5.41 Å². The average Bonchev–Trinajstić information content (AvgIpc) is 3.39. The van der Waals surface area contributed by atoms with Crippen LogP contribution < -0.4 is 0 Å². The summed E-state index contributed by atoms with van der Waals surface area (Å²) in [7, 11) is 2.18. The van der Waals surface area contributed by atoms with Crippen molar-refractivity contribution in [1.29, 1.82) is 0 Å². The van der Waals surface area contributed by atoms with Gasteiger partial charge in [-0.3, -0.25) is 0 Å². The normalized spacial score (nSPS) is 18.7. The maximum absolute atomic E-state index is 6.56. The fourth-order valence-electron chi connectivity index (χ4n) is 5.69. The van der Waals surface area contributed by atoms with Crippen LogP contribution in [0.2, 0.25) is 0 Å². The molecule has 0 spiro atoms. The highest BCUT2D eigenvalue weighted by molar-refractivity contribution is 6.03. The molecule has 0 unspecified atom stereocenters. The standard InChI is InChI=1S/C33H30NO/c1-33(2)28-16-10-11-17-29(28)34(3)31(33)21-19-23-18-20-26-27(23)22-30(24-12-6-4-7-13-24)35-32(26)25-14-8-5-9-15-25/h4-17,19,21-22H,18,20H2,1-3H3/q+1/b21-19+. The summed E-state index contributed by atoms with van der Waals surface area (Å²) in [5, 5.41) is 0. The Morgan fingerprint density at radius 3 is 2.14 bits per heavy atom. The van der Waals surface area contributed by atoms with Crippen LogP contribution in [0.15, 0.2) is 120 Å². The second-order valence-corrected chi connectivity index (χ2v) is 10.0. The lowest BCUT2D eigenvalue weighted by atomic mass is 9.81. The fourth-order valence-corrected chi connectivity index (χ4v) is 5.69. The number of nitrogens with zero attached hydrogens (tertiary/aromatic N) is 1. The van der Waals surface area contributed by atoms with Crippen molar-refractivity contribution in [2.45, 2.75) is 32.1 Å². The van der Waals surface area contributed by atoms with E-state index in [1.165, 1.54) is 33.7 Å². The van der Waals surface area contributed by atoms with Crippen LogP contribution >= 0.6 is 0 Å². The minimum atomic E-state index is -0.0275. The van der Waals surface area contributed by atoms with Crippen molar-refractivity contribution >= 4 is 22.9 Å². The third-order valence-corrected chi connectivity index (χ3v) is 7.55. The van der Waals surface area contributed by atoms with Crippen molar-refractivity contribution in [3.63, 3.8) is 0 Å². The van der Waals surface area contributed by atoms with E-state index in [2.05, 4.69) is 123 Å². The Morgan fingerprint density at radius 2 is 1.43 bits per heavy atom. The molecular weight excluding hydrogens is 426 g/mol. The number of para-hydroxylation sites is 1. The van der Waals surface area contributed by atoms with E-state index in [9.17, 15) is 0 Å². The van der Waals surface area contributed by atoms with E-state index in [0.717, 1.165) is 35.5 Å². The maximum atomic E-state index is 6.56. The van der Waals surface area contributed by atoms with Gasteiger partial charge in [-0.15, -0.1) is 0 Å². The number of ether oxygens (including phenoxy) is 1. The van der Waals surface area contributed by atoms with Gasteiger partial charge in [0.2, 0.25) is 5.69 Å². The van der Waals surface area contributed by atoms with Crippen LogP contribution in [-0.2, 0) is 10.2 Å². The summed E-state index contributed by atoms with van der Waals surface area (Å²) >= 11 is 0. The zero-order valence-electron chi connectivity index (χ0n) is 20.6. The molecule has 0 atom stereocenters. The van der Waals surface area contributed by atoms with Crippen molar-refractivity contribution in [2.24, 2.45) is 0 Å². The van der Waals surface area contributed by atoms with Gasteiger partial charge in [-0.05, 0) is 43.9 Å². The number of benzene rings is 3. The molecule has 0 bridgehead atoms. The number of rotatable bonds is 4. The van der Waals surface area contributed by atoms with E-state index in [1.807, 2.05) is 6.07 Å². The average molecular weight is 457 g/mol. The largest absolute Gasteiger partial charge is 0.456 e. The minimum absolute atomic E-state index is 0.0275. The minimum Gasteiger partial charge on any atom is -0.456 e. The van der Waals surface area contributed by atoms with Gasteiger partial charge in [-0.1, -0.05) is 84.9 Å². The predicted molar refractivity (Wildman–Crippen MR) is 145 cm³/mol. The summed E-state index contributed by atoms with van der Waals surface area (Å²) in [5.41, 5.74) is 10.2. The topological polar surface area (TPSA) is 12.2 Å². The summed E-state index contributed by atoms with van der Waals surface area (Å²) in [4.78, 5) is 0. The molecule has 0 saturated heterocycles. The molecule has 35 heavy (non-hydrogen) atoms. The van der Waals surface area contributed by atoms with E-state index >= 15 is 0 Å². The van der Waals surface area contributed by atoms with Gasteiger partial charge in [0, 0.05) is 34.4 Å². The van der Waals surface area contributed by atoms with Crippen LogP contribution in [0.3, 0.4) is 0 Å². The van der Waals surface area contributed by atoms with E-state index in [1.54, 1.807) is 0 Å². The second-order valence-electron chi connectivity index (χ2n) is 10.0. The van der Waals surface area contributed by atoms with Gasteiger partial charge in [0.15, 0.2) is 5.71 Å². The molecule has 6 rings (SSSR count). The lowest BCUT2D eigenvalue weighted by molar-refractivity contribution is -0.401. The molecule has 3 aromatic carbocycles. The van der Waals surface area contributed by atoms with Gasteiger partial charge < -0.3 is 4.74 Å². The third kappa shape index (κ3) is 3.61. The van der Waals surface area contributed by atoms with Crippen molar-refractivity contribution in [1.82, 2.24) is 0 Å². The molecule has 1 aliphatic carbocycles. The summed E-state index contributed by atoms with van der Waals surface area (Å²) in [6, 6.07) is 29.7. The number of hydrogen-bond acceptors (Lipinski definition) is 1. The molecule has 0 saturated carbocycles. The van der Waals surface area contributed by atoms with Crippen LogP contribution in [0.1, 0.15) is 43.4 Å². The lowest BCUT2D eigenvalue weighted by Crippen LogP contribution is -2.26. The van der Waals surface area contributed by atoms with Gasteiger partial charge in [0.05, 0.1) is 5.41 Å². The van der Waals surface area contributed by atoms with Gasteiger partial charge >= 0.3 is 0 Å². The number of fused-ring (bicyclic) bond motifs is 2. The highest BCUT2D eigenvalue weighted by atomic mass is 16.5. The zero-order chi connectivity index (χ0) is 24.0. The first-order valence-electron chi connectivity index (χ1n) is 12.4. The van der Waals surface area contributed by atoms with Gasteiger partial charge in [-0.25, -0.2) is 0 Å². The molecule has 2 heteroatoms. The Hall–Kier alpha value is -3.91. The third-order valence-electron chi connectivity index (χ3n) is 7.55. The Bertz CT molecular complexity index is 1460. The highest BCUT2D eigenvalue weighted by Gasteiger charge is 2.42. The maximum Gasteiger partial charge on any atom is 0.209 e. The summed E-state index contributed by atoms with van der Waals surface area (Å²) < 4.78 is 8.90. The van der Waals surface area contributed by atoms with Gasteiger partial charge in [0.1, 0.15) is 18.6 Å². The molecule has 0 amide bonds. The molecule has 0 aromatic heterocycles. The fraction of sp³-hybridized carbons (Fsp3) is 0.182. The van der Waals surface area contributed by atoms with Gasteiger partial charge in [0.25, 0.3) is 0 Å². The smallest absolute Gasteiger partial charge is 0.209 e. The monoisotopic (exact) mass is 456 g/mol. The summed E-state index contributed by atoms with van der Waals surface area (Å²) in [6.07, 6.45) is 8.93. The lowest BCUT2D eigenvalue weighted by Gasteiger charge is -2.22. The molecule has 2 aliphatic heterocycles. The number of allylic oxidation sites excluding steroid dienone is 6. The van der Waals surface area contributed by atoms with Crippen LogP contribution in [0.4, 0.5) is 5.69 Å². The Kier molecular flexibility index (Phi) is 5.18. The molecule has 2 heterocycles. The highest BCUT2D eigenvalue weighted by Crippen LogP contribution is 2.45. The molecule has 3 aliphatic rings. The van der Waals surface area contributed by atoms with Crippen molar-refractivity contribution in [3.8, 4) is 0 Å². The van der Waals surface area contributed by atoms with E-state index in [4.69, 9.17) is 4.74 Å². The SMILES string of the molecule is C[N+]1=C(/C=C/C2=C3C=C(c4ccccc4)OC(c4ccccc4)=C3CC2)C(C)(C)c2ccccc21. The van der Waals surface area contributed by atoms with Crippen LogP contribution in [0.5, 0.6) is 0 Å². The van der Waals surface area contributed by atoms with Crippen LogP contribution in [0, 0.1) is 0 Å². The molecule has 0 fully saturated rings. The first kappa shape index (κ1) is 21.6. The predicted octanol–water partition coefficient (Wildman–Crippen LogP) is 7.82. The molecular formula is C33H30NO+. The Balaban J connectivity index is 1.45. The molecule has 3 aromatic rings. The van der Waals surface area contributed by atoms with E-state index < -0.39 is 0 Å². The van der Waals surface area contributed by atoms with Crippen molar-refractivity contribution in [2.75, 3.05) is 7.05 Å². The van der Waals surface area contributed by atoms with Crippen LogP contribution in [0.25, 0.3) is 11.5 Å². The zero-order valence-corrected chi connectivity index (χ0v) is 20.6. The Labute approximate surface area is 207 Å². The summed E-state index contributed by atoms with van der Waals surface area (Å²) in [5.74, 6) is 1.90.